The number of halogens is 1. The molecule has 0 saturated carbocycles. The lowest BCUT2D eigenvalue weighted by Gasteiger charge is -2.13. The minimum atomic E-state index is 0.508. The Bertz CT molecular complexity index is 523. The molecule has 0 heterocycles. The number of nitrogens with one attached hydrogen (secondary N) is 2. The van der Waals surface area contributed by atoms with Crippen LogP contribution in [0.5, 0.6) is 0 Å². The number of thiocarbonyl (C=S) groups is 1. The minimum absolute atomic E-state index is 0.508. The monoisotopic (exact) mass is 278 g/mol. The molecule has 2 rings (SSSR count). The number of nitrogens with two attached hydrogens (primary N) is 1. The van der Waals surface area contributed by atoms with Gasteiger partial charge in [-0.1, -0.05) is 23.8 Å². The van der Waals surface area contributed by atoms with Crippen molar-refractivity contribution in [3.8, 4) is 0 Å². The highest BCUT2D eigenvalue weighted by Crippen LogP contribution is 2.22. The molecular weight excluding hydrogens is 266 g/mol. The Kier molecular flexibility index (Phi) is 4.23. The van der Waals surface area contributed by atoms with Crippen LogP contribution in [-0.4, -0.2) is 5.11 Å². The van der Waals surface area contributed by atoms with E-state index in [2.05, 4.69) is 23.1 Å². The number of benzene rings is 1. The van der Waals surface area contributed by atoms with Crippen LogP contribution in [0.2, 0.25) is 5.02 Å². The second-order valence-corrected chi connectivity index (χ2v) is 4.62. The van der Waals surface area contributed by atoms with Crippen LogP contribution in [0.15, 0.2) is 42.1 Å². The van der Waals surface area contributed by atoms with Crippen LogP contribution >= 0.6 is 23.8 Å². The van der Waals surface area contributed by atoms with E-state index < -0.39 is 0 Å². The zero-order valence-electron chi connectivity index (χ0n) is 9.61. The van der Waals surface area contributed by atoms with Crippen molar-refractivity contribution in [1.29, 1.82) is 0 Å². The first-order valence-corrected chi connectivity index (χ1v) is 6.27. The number of allylic oxidation sites excluding steroid dienone is 3. The first kappa shape index (κ1) is 12.9. The third-order valence-corrected chi connectivity index (χ3v) is 2.93. The molecule has 1 aromatic rings. The summed E-state index contributed by atoms with van der Waals surface area (Å²) in [6, 6.07) is 5.31. The van der Waals surface area contributed by atoms with Crippen LogP contribution in [-0.2, 0) is 0 Å². The number of hydrogen-bond donors (Lipinski definition) is 3. The van der Waals surface area contributed by atoms with Crippen molar-refractivity contribution < 1.29 is 0 Å². The standard InChI is InChI=1S/C13H13ClN3S/c14-11-8-10(6-7-12(11)15)17-13(18)16-9-4-2-1-3-5-9/h1-2,4-8H,3,15H2,(H2,16,17,18). The summed E-state index contributed by atoms with van der Waals surface area (Å²) in [5, 5.41) is 7.18. The summed E-state index contributed by atoms with van der Waals surface area (Å²) < 4.78 is 0. The Hall–Kier alpha value is -1.52. The molecule has 3 nitrogen and oxygen atoms in total. The maximum absolute atomic E-state index is 5.93. The van der Waals surface area contributed by atoms with Crippen molar-refractivity contribution in [3.05, 3.63) is 53.6 Å². The average Bonchev–Trinajstić information content (AvgIpc) is 2.35. The molecule has 0 atom stereocenters. The molecule has 0 saturated heterocycles. The molecule has 1 radical (unpaired) electrons. The van der Waals surface area contributed by atoms with Gasteiger partial charge >= 0.3 is 0 Å². The number of hydrogen-bond acceptors (Lipinski definition) is 2. The van der Waals surface area contributed by atoms with Crippen molar-refractivity contribution in [2.75, 3.05) is 11.1 Å². The Morgan fingerprint density at radius 1 is 1.33 bits per heavy atom. The number of rotatable bonds is 2. The predicted molar refractivity (Wildman–Crippen MR) is 81.4 cm³/mol. The fourth-order valence-corrected chi connectivity index (χ4v) is 1.92. The van der Waals surface area contributed by atoms with E-state index in [1.54, 1.807) is 12.1 Å². The fraction of sp³-hybridized carbons (Fsp3) is 0.0769. The average molecular weight is 279 g/mol. The van der Waals surface area contributed by atoms with Crippen LogP contribution in [0.3, 0.4) is 0 Å². The molecule has 0 unspecified atom stereocenters. The molecule has 1 aromatic carbocycles. The van der Waals surface area contributed by atoms with Crippen molar-refractivity contribution in [2.45, 2.75) is 6.42 Å². The normalized spacial score (nSPS) is 13.9. The largest absolute Gasteiger partial charge is 0.398 e. The molecule has 0 amide bonds. The Labute approximate surface area is 117 Å². The van der Waals surface area contributed by atoms with Gasteiger partial charge in [-0.3, -0.25) is 0 Å². The van der Waals surface area contributed by atoms with E-state index >= 15 is 0 Å². The highest BCUT2D eigenvalue weighted by molar-refractivity contribution is 7.80. The molecule has 1 aliphatic rings. The number of nitrogen functional groups attached to an aromatic ring is 1. The van der Waals surface area contributed by atoms with Gasteiger partial charge in [0.25, 0.3) is 0 Å². The van der Waals surface area contributed by atoms with Crippen LogP contribution in [0.4, 0.5) is 11.4 Å². The zero-order chi connectivity index (χ0) is 13.0. The first-order valence-electron chi connectivity index (χ1n) is 5.48. The van der Waals surface area contributed by atoms with E-state index in [1.165, 1.54) is 0 Å². The van der Waals surface area contributed by atoms with E-state index in [9.17, 15) is 0 Å². The number of anilines is 2. The summed E-state index contributed by atoms with van der Waals surface area (Å²) in [7, 11) is 0. The highest BCUT2D eigenvalue weighted by atomic mass is 35.5. The van der Waals surface area contributed by atoms with Gasteiger partial charge in [-0.15, -0.1) is 0 Å². The Morgan fingerprint density at radius 2 is 2.17 bits per heavy atom. The lowest BCUT2D eigenvalue weighted by Crippen LogP contribution is -2.27. The van der Waals surface area contributed by atoms with E-state index in [-0.39, 0.29) is 0 Å². The van der Waals surface area contributed by atoms with E-state index in [0.29, 0.717) is 15.8 Å². The zero-order valence-corrected chi connectivity index (χ0v) is 11.2. The van der Waals surface area contributed by atoms with Gasteiger partial charge in [0.15, 0.2) is 5.11 Å². The van der Waals surface area contributed by atoms with Gasteiger partial charge in [-0.05, 0) is 49.3 Å². The van der Waals surface area contributed by atoms with Gasteiger partial charge in [-0.25, -0.2) is 0 Å². The molecule has 5 heteroatoms. The molecule has 0 aromatic heterocycles. The van der Waals surface area contributed by atoms with Gasteiger partial charge in [0, 0.05) is 11.4 Å². The maximum Gasteiger partial charge on any atom is 0.175 e. The van der Waals surface area contributed by atoms with Gasteiger partial charge in [-0.2, -0.15) is 0 Å². The van der Waals surface area contributed by atoms with E-state index in [1.807, 2.05) is 18.2 Å². The fourth-order valence-electron chi connectivity index (χ4n) is 1.50. The Morgan fingerprint density at radius 3 is 2.83 bits per heavy atom. The van der Waals surface area contributed by atoms with Gasteiger partial charge < -0.3 is 16.4 Å². The smallest absolute Gasteiger partial charge is 0.175 e. The second kappa shape index (κ2) is 5.89. The second-order valence-electron chi connectivity index (χ2n) is 3.81. The summed E-state index contributed by atoms with van der Waals surface area (Å²) >= 11 is 11.1. The third-order valence-electron chi connectivity index (χ3n) is 2.40. The molecule has 0 spiro atoms. The SMILES string of the molecule is Nc1ccc(NC(=S)NC2=CC[CH]C=C2)cc1Cl. The van der Waals surface area contributed by atoms with Crippen LogP contribution in [0.1, 0.15) is 6.42 Å². The summed E-state index contributed by atoms with van der Waals surface area (Å²) in [5.74, 6) is 0. The van der Waals surface area contributed by atoms with Crippen LogP contribution in [0.25, 0.3) is 0 Å². The first-order chi connectivity index (χ1) is 8.65. The summed E-state index contributed by atoms with van der Waals surface area (Å²) in [6.07, 6.45) is 9.00. The lowest BCUT2D eigenvalue weighted by molar-refractivity contribution is 1.11. The molecule has 93 valence electrons. The van der Waals surface area contributed by atoms with Crippen molar-refractivity contribution in [2.24, 2.45) is 0 Å². The Balaban J connectivity index is 1.96. The molecule has 0 fully saturated rings. The van der Waals surface area contributed by atoms with Crippen molar-refractivity contribution >= 4 is 40.3 Å². The summed E-state index contributed by atoms with van der Waals surface area (Å²) in [6.45, 7) is 0. The maximum atomic E-state index is 5.93. The van der Waals surface area contributed by atoms with Crippen molar-refractivity contribution in [1.82, 2.24) is 5.32 Å². The lowest BCUT2D eigenvalue weighted by atomic mass is 10.1. The molecule has 18 heavy (non-hydrogen) atoms. The van der Waals surface area contributed by atoms with E-state index in [0.717, 1.165) is 17.8 Å². The van der Waals surface area contributed by atoms with Gasteiger partial charge in [0.1, 0.15) is 0 Å². The minimum Gasteiger partial charge on any atom is -0.398 e. The predicted octanol–water partition coefficient (Wildman–Crippen LogP) is 3.26. The van der Waals surface area contributed by atoms with E-state index in [4.69, 9.17) is 29.6 Å². The molecular formula is C13H13ClN3S. The van der Waals surface area contributed by atoms with Gasteiger partial charge in [0.2, 0.25) is 0 Å². The third kappa shape index (κ3) is 3.48. The quantitative estimate of drug-likeness (QED) is 0.574. The molecule has 4 N–H and O–H groups in total. The van der Waals surface area contributed by atoms with Crippen LogP contribution < -0.4 is 16.4 Å². The molecule has 1 aliphatic carbocycles. The van der Waals surface area contributed by atoms with Gasteiger partial charge in [0.05, 0.1) is 10.7 Å². The molecule has 0 bridgehead atoms. The van der Waals surface area contributed by atoms with Crippen molar-refractivity contribution in [3.63, 3.8) is 0 Å². The summed E-state index contributed by atoms with van der Waals surface area (Å²) in [5.41, 5.74) is 7.98. The molecule has 0 aliphatic heterocycles. The highest BCUT2D eigenvalue weighted by Gasteiger charge is 2.03. The summed E-state index contributed by atoms with van der Waals surface area (Å²) in [4.78, 5) is 0. The van der Waals surface area contributed by atoms with Crippen LogP contribution in [0, 0.1) is 6.42 Å². The topological polar surface area (TPSA) is 50.1 Å².